The summed E-state index contributed by atoms with van der Waals surface area (Å²) < 4.78 is 6.00. The van der Waals surface area contributed by atoms with E-state index in [1.54, 1.807) is 25.1 Å². The quantitative estimate of drug-likeness (QED) is 0.431. The summed E-state index contributed by atoms with van der Waals surface area (Å²) in [6, 6.07) is 12.4. The van der Waals surface area contributed by atoms with Crippen LogP contribution in [0.5, 0.6) is 5.75 Å². The molecule has 2 aromatic carbocycles. The van der Waals surface area contributed by atoms with Crippen LogP contribution in [0.3, 0.4) is 0 Å². The summed E-state index contributed by atoms with van der Waals surface area (Å²) >= 11 is 12.5. The molecule has 1 N–H and O–H groups in total. The number of carbonyl (C=O) groups excluding carboxylic acids is 2. The molecule has 0 heterocycles. The van der Waals surface area contributed by atoms with Gasteiger partial charge >= 0.3 is 0 Å². The summed E-state index contributed by atoms with van der Waals surface area (Å²) in [7, 11) is 0. The second-order valence-corrected chi connectivity index (χ2v) is 11.2. The molecule has 0 aliphatic heterocycles. The van der Waals surface area contributed by atoms with Crippen LogP contribution < -0.4 is 10.1 Å². The van der Waals surface area contributed by atoms with E-state index < -0.39 is 6.04 Å². The fourth-order valence-corrected chi connectivity index (χ4v) is 4.89. The topological polar surface area (TPSA) is 58.6 Å². The van der Waals surface area contributed by atoms with Crippen molar-refractivity contribution in [3.63, 3.8) is 0 Å². The zero-order valence-electron chi connectivity index (χ0n) is 21.1. The predicted molar refractivity (Wildman–Crippen MR) is 142 cm³/mol. The molecule has 2 amide bonds. The first-order chi connectivity index (χ1) is 16.6. The van der Waals surface area contributed by atoms with Crippen LogP contribution in [0, 0.1) is 0 Å². The van der Waals surface area contributed by atoms with E-state index in [1.165, 1.54) is 11.3 Å². The average Bonchev–Trinajstić information content (AvgIpc) is 2.82. The smallest absolute Gasteiger partial charge is 0.261 e. The molecule has 7 heteroatoms. The average molecular weight is 520 g/mol. The van der Waals surface area contributed by atoms with Crippen molar-refractivity contribution in [2.75, 3.05) is 6.61 Å². The van der Waals surface area contributed by atoms with Crippen LogP contribution in [-0.2, 0) is 21.5 Å². The summed E-state index contributed by atoms with van der Waals surface area (Å²) in [6.07, 6.45) is 5.38. The van der Waals surface area contributed by atoms with Crippen molar-refractivity contribution in [2.45, 2.75) is 83.8 Å². The Balaban J connectivity index is 1.78. The minimum atomic E-state index is -0.683. The number of ether oxygens (including phenoxy) is 1. The lowest BCUT2D eigenvalue weighted by Gasteiger charge is -2.31. The SMILES string of the molecule is C[C@H](C(=O)NC1CCCCC1)N(Cc1ccc(Cl)cc1Cl)C(=O)COc1ccccc1C(C)(C)C. The highest BCUT2D eigenvalue weighted by Gasteiger charge is 2.29. The summed E-state index contributed by atoms with van der Waals surface area (Å²) in [6.45, 7) is 8.05. The number of hydrogen-bond acceptors (Lipinski definition) is 3. The van der Waals surface area contributed by atoms with E-state index in [-0.39, 0.29) is 36.4 Å². The van der Waals surface area contributed by atoms with Gasteiger partial charge in [-0.15, -0.1) is 0 Å². The maximum absolute atomic E-state index is 13.5. The first-order valence-electron chi connectivity index (χ1n) is 12.3. The van der Waals surface area contributed by atoms with E-state index in [0.717, 1.165) is 36.8 Å². The van der Waals surface area contributed by atoms with Gasteiger partial charge in [-0.05, 0) is 54.5 Å². The molecule has 0 unspecified atom stereocenters. The van der Waals surface area contributed by atoms with Crippen LogP contribution in [0.1, 0.15) is 70.9 Å². The van der Waals surface area contributed by atoms with E-state index in [1.807, 2.05) is 24.3 Å². The molecule has 35 heavy (non-hydrogen) atoms. The Hall–Kier alpha value is -2.24. The summed E-state index contributed by atoms with van der Waals surface area (Å²) in [5.74, 6) is 0.216. The molecule has 2 aromatic rings. The highest BCUT2D eigenvalue weighted by molar-refractivity contribution is 6.35. The number of nitrogens with zero attached hydrogens (tertiary/aromatic N) is 1. The number of carbonyl (C=O) groups is 2. The minimum Gasteiger partial charge on any atom is -0.483 e. The van der Waals surface area contributed by atoms with Crippen LogP contribution in [0.25, 0.3) is 0 Å². The molecule has 1 aliphatic rings. The Morgan fingerprint density at radius 1 is 1.09 bits per heavy atom. The van der Waals surface area contributed by atoms with Crippen LogP contribution in [-0.4, -0.2) is 35.4 Å². The Bertz CT molecular complexity index is 1030. The van der Waals surface area contributed by atoms with E-state index in [0.29, 0.717) is 15.8 Å². The van der Waals surface area contributed by atoms with Gasteiger partial charge in [0.1, 0.15) is 11.8 Å². The molecule has 0 spiro atoms. The number of amides is 2. The molecule has 5 nitrogen and oxygen atoms in total. The highest BCUT2D eigenvalue weighted by atomic mass is 35.5. The van der Waals surface area contributed by atoms with Crippen LogP contribution >= 0.6 is 23.2 Å². The van der Waals surface area contributed by atoms with Crippen molar-refractivity contribution in [2.24, 2.45) is 0 Å². The molecule has 0 saturated heterocycles. The predicted octanol–water partition coefficient (Wildman–Crippen LogP) is 6.54. The lowest BCUT2D eigenvalue weighted by molar-refractivity contribution is -0.142. The molecule has 1 aliphatic carbocycles. The second kappa shape index (κ2) is 12.1. The van der Waals surface area contributed by atoms with Gasteiger partial charge in [0.15, 0.2) is 6.61 Å². The zero-order chi connectivity index (χ0) is 25.6. The number of hydrogen-bond donors (Lipinski definition) is 1. The Morgan fingerprint density at radius 3 is 2.43 bits per heavy atom. The van der Waals surface area contributed by atoms with Gasteiger partial charge in [0, 0.05) is 22.6 Å². The van der Waals surface area contributed by atoms with Gasteiger partial charge in [-0.2, -0.15) is 0 Å². The van der Waals surface area contributed by atoms with Crippen molar-refractivity contribution < 1.29 is 14.3 Å². The van der Waals surface area contributed by atoms with Gasteiger partial charge in [-0.3, -0.25) is 9.59 Å². The van der Waals surface area contributed by atoms with Crippen molar-refractivity contribution in [3.05, 3.63) is 63.6 Å². The van der Waals surface area contributed by atoms with Gasteiger partial charge < -0.3 is 15.0 Å². The fourth-order valence-electron chi connectivity index (χ4n) is 4.42. The normalized spacial score (nSPS) is 15.4. The molecular weight excluding hydrogens is 483 g/mol. The van der Waals surface area contributed by atoms with E-state index in [9.17, 15) is 9.59 Å². The standard InChI is InChI=1S/C28H36Cl2N2O3/c1-19(27(34)31-22-10-6-5-7-11-22)32(17-20-14-15-21(29)16-24(20)30)26(33)18-35-25-13-9-8-12-23(25)28(2,3)4/h8-9,12-16,19,22H,5-7,10-11,17-18H2,1-4H3,(H,31,34)/t19-/m1/s1. The van der Waals surface area contributed by atoms with E-state index in [4.69, 9.17) is 27.9 Å². The van der Waals surface area contributed by atoms with Crippen LogP contribution in [0.2, 0.25) is 10.0 Å². The monoisotopic (exact) mass is 518 g/mol. The van der Waals surface area contributed by atoms with Gasteiger partial charge in [-0.25, -0.2) is 0 Å². The number of halogens is 2. The molecule has 0 aromatic heterocycles. The second-order valence-electron chi connectivity index (χ2n) is 10.3. The van der Waals surface area contributed by atoms with Gasteiger partial charge in [0.25, 0.3) is 5.91 Å². The van der Waals surface area contributed by atoms with Crippen LogP contribution in [0.15, 0.2) is 42.5 Å². The van der Waals surface area contributed by atoms with Gasteiger partial charge in [0.2, 0.25) is 5.91 Å². The molecule has 0 bridgehead atoms. The third-order valence-electron chi connectivity index (χ3n) is 6.52. The summed E-state index contributed by atoms with van der Waals surface area (Å²) in [5.41, 5.74) is 1.60. The molecule has 1 saturated carbocycles. The number of benzene rings is 2. The molecule has 3 rings (SSSR count). The van der Waals surface area contributed by atoms with Crippen molar-refractivity contribution in [3.8, 4) is 5.75 Å². The maximum Gasteiger partial charge on any atom is 0.261 e. The Morgan fingerprint density at radius 2 is 1.77 bits per heavy atom. The number of rotatable bonds is 8. The third kappa shape index (κ3) is 7.62. The maximum atomic E-state index is 13.5. The Labute approximate surface area is 219 Å². The highest BCUT2D eigenvalue weighted by Crippen LogP contribution is 2.31. The van der Waals surface area contributed by atoms with Crippen molar-refractivity contribution in [1.82, 2.24) is 10.2 Å². The molecular formula is C28H36Cl2N2O3. The Kier molecular flexibility index (Phi) is 9.48. The zero-order valence-corrected chi connectivity index (χ0v) is 22.6. The van der Waals surface area contributed by atoms with Gasteiger partial charge in [-0.1, -0.05) is 87.5 Å². The van der Waals surface area contributed by atoms with Crippen LogP contribution in [0.4, 0.5) is 0 Å². The molecule has 0 radical (unpaired) electrons. The van der Waals surface area contributed by atoms with Crippen molar-refractivity contribution in [1.29, 1.82) is 0 Å². The molecule has 190 valence electrons. The summed E-state index contributed by atoms with van der Waals surface area (Å²) in [4.78, 5) is 28.1. The number of para-hydroxylation sites is 1. The largest absolute Gasteiger partial charge is 0.483 e. The number of nitrogens with one attached hydrogen (secondary N) is 1. The van der Waals surface area contributed by atoms with E-state index in [2.05, 4.69) is 26.1 Å². The summed E-state index contributed by atoms with van der Waals surface area (Å²) in [5, 5.41) is 4.11. The first kappa shape index (κ1) is 27.3. The molecule has 1 fully saturated rings. The van der Waals surface area contributed by atoms with E-state index >= 15 is 0 Å². The first-order valence-corrected chi connectivity index (χ1v) is 13.1. The third-order valence-corrected chi connectivity index (χ3v) is 7.11. The lowest BCUT2D eigenvalue weighted by atomic mass is 9.86. The molecule has 1 atom stereocenters. The van der Waals surface area contributed by atoms with Gasteiger partial charge in [0.05, 0.1) is 0 Å². The lowest BCUT2D eigenvalue weighted by Crippen LogP contribution is -2.51. The minimum absolute atomic E-state index is 0.136. The van der Waals surface area contributed by atoms with Crippen molar-refractivity contribution >= 4 is 35.0 Å². The fraction of sp³-hybridized carbons (Fsp3) is 0.500.